The van der Waals surface area contributed by atoms with Crippen molar-refractivity contribution >= 4 is 29.9 Å². The van der Waals surface area contributed by atoms with Crippen LogP contribution in [-0.2, 0) is 4.74 Å². The van der Waals surface area contributed by atoms with Crippen molar-refractivity contribution in [3.63, 3.8) is 0 Å². The first-order valence-corrected chi connectivity index (χ1v) is 9.34. The zero-order valence-electron chi connectivity index (χ0n) is 15.2. The highest BCUT2D eigenvalue weighted by atomic mass is 127. The van der Waals surface area contributed by atoms with Crippen LogP contribution in [0.2, 0.25) is 0 Å². The van der Waals surface area contributed by atoms with Gasteiger partial charge >= 0.3 is 0 Å². The van der Waals surface area contributed by atoms with Gasteiger partial charge in [-0.05, 0) is 57.8 Å². The van der Waals surface area contributed by atoms with Gasteiger partial charge in [-0.3, -0.25) is 9.89 Å². The fraction of sp³-hybridized carbons (Fsp3) is 0.941. The van der Waals surface area contributed by atoms with E-state index in [1.807, 2.05) is 0 Å². The van der Waals surface area contributed by atoms with Crippen molar-refractivity contribution in [1.82, 2.24) is 15.1 Å². The number of guanidine groups is 1. The van der Waals surface area contributed by atoms with Crippen LogP contribution in [0.15, 0.2) is 4.99 Å². The Hall–Kier alpha value is -0.120. The Morgan fingerprint density at radius 3 is 2.46 bits per heavy atom. The van der Waals surface area contributed by atoms with Gasteiger partial charge in [0.2, 0.25) is 0 Å². The van der Waals surface area contributed by atoms with Gasteiger partial charge in [0, 0.05) is 26.2 Å². The standard InChI is InChI=1S/C17H35N5O.HI/c1-2-7-21-9-4-16(5-10-21)15-20-17(18)19-6-3-8-22-11-13-23-14-12-22;/h16H,2-15H2,1H3,(H3,18,19,20);1H. The molecule has 3 N–H and O–H groups in total. The van der Waals surface area contributed by atoms with E-state index in [1.165, 1.54) is 38.9 Å². The predicted molar refractivity (Wildman–Crippen MR) is 111 cm³/mol. The molecule has 2 aliphatic rings. The van der Waals surface area contributed by atoms with Crippen LogP contribution in [0.3, 0.4) is 0 Å². The Kier molecular flexibility index (Phi) is 12.0. The van der Waals surface area contributed by atoms with Crippen molar-refractivity contribution < 1.29 is 4.74 Å². The van der Waals surface area contributed by atoms with Gasteiger partial charge in [-0.1, -0.05) is 6.92 Å². The Balaban J connectivity index is 0.00000288. The molecule has 0 aromatic heterocycles. The smallest absolute Gasteiger partial charge is 0.188 e. The third kappa shape index (κ3) is 8.82. The van der Waals surface area contributed by atoms with Crippen molar-refractivity contribution in [3.8, 4) is 0 Å². The fourth-order valence-electron chi connectivity index (χ4n) is 3.34. The van der Waals surface area contributed by atoms with Crippen molar-refractivity contribution in [2.24, 2.45) is 16.6 Å². The molecule has 2 aliphatic heterocycles. The van der Waals surface area contributed by atoms with Gasteiger partial charge in [0.15, 0.2) is 5.96 Å². The molecular formula is C17H36IN5O. The number of piperidine rings is 1. The number of morpholine rings is 1. The number of nitrogens with two attached hydrogens (primary N) is 1. The van der Waals surface area contributed by atoms with E-state index in [2.05, 4.69) is 27.0 Å². The normalized spacial score (nSPS) is 21.5. The number of rotatable bonds is 8. The number of hydrogen-bond donors (Lipinski definition) is 2. The first-order chi connectivity index (χ1) is 11.3. The first kappa shape index (κ1) is 21.9. The van der Waals surface area contributed by atoms with Gasteiger partial charge < -0.3 is 20.7 Å². The molecule has 7 heteroatoms. The molecule has 0 radical (unpaired) electrons. The summed E-state index contributed by atoms with van der Waals surface area (Å²) in [6.07, 6.45) is 4.87. The number of hydrogen-bond acceptors (Lipinski definition) is 4. The highest BCUT2D eigenvalue weighted by Gasteiger charge is 2.18. The average molecular weight is 453 g/mol. The van der Waals surface area contributed by atoms with E-state index in [0.717, 1.165) is 52.4 Å². The Bertz CT molecular complexity index is 342. The summed E-state index contributed by atoms with van der Waals surface area (Å²) >= 11 is 0. The van der Waals surface area contributed by atoms with E-state index in [-0.39, 0.29) is 24.0 Å². The number of likely N-dealkylation sites (tertiary alicyclic amines) is 1. The molecule has 2 rings (SSSR count). The largest absolute Gasteiger partial charge is 0.379 e. The molecule has 2 saturated heterocycles. The van der Waals surface area contributed by atoms with Gasteiger partial charge in [-0.25, -0.2) is 0 Å². The van der Waals surface area contributed by atoms with Crippen LogP contribution in [-0.4, -0.2) is 81.3 Å². The summed E-state index contributed by atoms with van der Waals surface area (Å²) in [7, 11) is 0. The predicted octanol–water partition coefficient (Wildman–Crippen LogP) is 1.35. The van der Waals surface area contributed by atoms with Crippen molar-refractivity contribution in [1.29, 1.82) is 0 Å². The molecule has 0 bridgehead atoms. The van der Waals surface area contributed by atoms with Crippen molar-refractivity contribution in [3.05, 3.63) is 0 Å². The molecule has 24 heavy (non-hydrogen) atoms. The van der Waals surface area contributed by atoms with E-state index < -0.39 is 0 Å². The molecule has 6 nitrogen and oxygen atoms in total. The number of nitrogens with zero attached hydrogens (tertiary/aromatic N) is 3. The molecule has 0 aromatic rings. The quantitative estimate of drug-likeness (QED) is 0.252. The summed E-state index contributed by atoms with van der Waals surface area (Å²) in [5, 5.41) is 3.25. The molecule has 0 saturated carbocycles. The highest BCUT2D eigenvalue weighted by molar-refractivity contribution is 14.0. The first-order valence-electron chi connectivity index (χ1n) is 9.34. The minimum Gasteiger partial charge on any atom is -0.379 e. The maximum absolute atomic E-state index is 5.98. The lowest BCUT2D eigenvalue weighted by molar-refractivity contribution is 0.0376. The number of ether oxygens (including phenoxy) is 1. The SMILES string of the molecule is CCCN1CCC(CN=C(N)NCCCN2CCOCC2)CC1.I. The molecule has 0 aliphatic carbocycles. The Morgan fingerprint density at radius 2 is 1.79 bits per heavy atom. The second-order valence-electron chi connectivity index (χ2n) is 6.75. The van der Waals surface area contributed by atoms with Crippen LogP contribution >= 0.6 is 24.0 Å². The monoisotopic (exact) mass is 453 g/mol. The van der Waals surface area contributed by atoms with E-state index in [0.29, 0.717) is 11.9 Å². The van der Waals surface area contributed by atoms with E-state index in [9.17, 15) is 0 Å². The molecule has 0 unspecified atom stereocenters. The van der Waals surface area contributed by atoms with Gasteiger partial charge in [0.05, 0.1) is 13.2 Å². The maximum Gasteiger partial charge on any atom is 0.188 e. The molecule has 0 atom stereocenters. The zero-order chi connectivity index (χ0) is 16.3. The van der Waals surface area contributed by atoms with Crippen molar-refractivity contribution in [2.45, 2.75) is 32.6 Å². The Morgan fingerprint density at radius 1 is 1.12 bits per heavy atom. The maximum atomic E-state index is 5.98. The van der Waals surface area contributed by atoms with Gasteiger partial charge in [0.25, 0.3) is 0 Å². The molecule has 0 amide bonds. The van der Waals surface area contributed by atoms with Crippen molar-refractivity contribution in [2.75, 3.05) is 65.6 Å². The minimum absolute atomic E-state index is 0. The number of nitrogens with one attached hydrogen (secondary N) is 1. The van der Waals surface area contributed by atoms with E-state index in [4.69, 9.17) is 10.5 Å². The van der Waals surface area contributed by atoms with Gasteiger partial charge in [0.1, 0.15) is 0 Å². The van der Waals surface area contributed by atoms with Crippen LogP contribution < -0.4 is 11.1 Å². The number of aliphatic imine (C=N–C) groups is 1. The summed E-state index contributed by atoms with van der Waals surface area (Å²) in [6.45, 7) is 12.7. The van der Waals surface area contributed by atoms with Crippen LogP contribution in [0.4, 0.5) is 0 Å². The van der Waals surface area contributed by atoms with Crippen LogP contribution in [0.25, 0.3) is 0 Å². The molecule has 0 spiro atoms. The summed E-state index contributed by atoms with van der Waals surface area (Å²) in [4.78, 5) is 9.54. The van der Waals surface area contributed by atoms with Crippen LogP contribution in [0.5, 0.6) is 0 Å². The molecule has 2 heterocycles. The average Bonchev–Trinajstić information content (AvgIpc) is 2.59. The van der Waals surface area contributed by atoms with Gasteiger partial charge in [-0.2, -0.15) is 0 Å². The van der Waals surface area contributed by atoms with Crippen LogP contribution in [0, 0.1) is 5.92 Å². The van der Waals surface area contributed by atoms with Gasteiger partial charge in [-0.15, -0.1) is 24.0 Å². The Labute approximate surface area is 164 Å². The second-order valence-corrected chi connectivity index (χ2v) is 6.75. The summed E-state index contributed by atoms with van der Waals surface area (Å²) < 4.78 is 5.35. The zero-order valence-corrected chi connectivity index (χ0v) is 17.5. The van der Waals surface area contributed by atoms with Crippen LogP contribution in [0.1, 0.15) is 32.6 Å². The molecule has 0 aromatic carbocycles. The summed E-state index contributed by atoms with van der Waals surface area (Å²) in [6, 6.07) is 0. The fourth-order valence-corrected chi connectivity index (χ4v) is 3.34. The topological polar surface area (TPSA) is 66.1 Å². The third-order valence-corrected chi connectivity index (χ3v) is 4.83. The summed E-state index contributed by atoms with van der Waals surface area (Å²) in [5.41, 5.74) is 5.98. The minimum atomic E-state index is 0. The number of halogens is 1. The highest BCUT2D eigenvalue weighted by Crippen LogP contribution is 2.17. The summed E-state index contributed by atoms with van der Waals surface area (Å²) in [5.74, 6) is 1.32. The lowest BCUT2D eigenvalue weighted by Gasteiger charge is -2.30. The third-order valence-electron chi connectivity index (χ3n) is 4.83. The molecular weight excluding hydrogens is 417 g/mol. The van der Waals surface area contributed by atoms with E-state index >= 15 is 0 Å². The molecule has 142 valence electrons. The molecule has 2 fully saturated rings. The van der Waals surface area contributed by atoms with E-state index in [1.54, 1.807) is 0 Å². The second kappa shape index (κ2) is 13.1. The lowest BCUT2D eigenvalue weighted by atomic mass is 9.97. The lowest BCUT2D eigenvalue weighted by Crippen LogP contribution is -2.39.